The highest BCUT2D eigenvalue weighted by Crippen LogP contribution is 2.30. The van der Waals surface area contributed by atoms with Crippen LogP contribution in [0.1, 0.15) is 84.9 Å². The lowest BCUT2D eigenvalue weighted by atomic mass is 10.1. The molecule has 0 amide bonds. The van der Waals surface area contributed by atoms with Gasteiger partial charge in [-0.25, -0.2) is 9.59 Å². The van der Waals surface area contributed by atoms with Gasteiger partial charge in [-0.2, -0.15) is 23.5 Å². The van der Waals surface area contributed by atoms with Crippen molar-refractivity contribution in [3.8, 4) is 0 Å². The minimum absolute atomic E-state index is 0.297. The Morgan fingerprint density at radius 3 is 1.53 bits per heavy atom. The highest BCUT2D eigenvalue weighted by molar-refractivity contribution is 8.00. The van der Waals surface area contributed by atoms with Gasteiger partial charge in [0.15, 0.2) is 0 Å². The van der Waals surface area contributed by atoms with Crippen LogP contribution in [-0.2, 0) is 9.47 Å². The molecule has 0 bridgehead atoms. The minimum Gasteiger partial charge on any atom is -0.462 e. The lowest BCUT2D eigenvalue weighted by Crippen LogP contribution is -2.15. The third-order valence-corrected chi connectivity index (χ3v) is 8.66. The van der Waals surface area contributed by atoms with Crippen molar-refractivity contribution in [2.24, 2.45) is 0 Å². The third kappa shape index (κ3) is 7.84. The number of benzene rings is 1. The molecular formula is C24H34O4S2. The average molecular weight is 451 g/mol. The van der Waals surface area contributed by atoms with Crippen molar-refractivity contribution in [1.29, 1.82) is 0 Å². The predicted octanol–water partition coefficient (Wildman–Crippen LogP) is 6.13. The molecule has 0 aliphatic heterocycles. The van der Waals surface area contributed by atoms with Gasteiger partial charge < -0.3 is 9.47 Å². The largest absolute Gasteiger partial charge is 0.462 e. The van der Waals surface area contributed by atoms with Gasteiger partial charge in [0.25, 0.3) is 0 Å². The van der Waals surface area contributed by atoms with E-state index in [9.17, 15) is 9.59 Å². The normalized spacial score (nSPS) is 17.3. The summed E-state index contributed by atoms with van der Waals surface area (Å²) in [5, 5.41) is 1.57. The summed E-state index contributed by atoms with van der Waals surface area (Å²) in [5.74, 6) is 1.15. The first kappa shape index (κ1) is 23.5. The van der Waals surface area contributed by atoms with E-state index in [0.29, 0.717) is 24.3 Å². The molecule has 2 saturated carbocycles. The number of thioether (sulfide) groups is 2. The molecule has 0 aromatic heterocycles. The summed E-state index contributed by atoms with van der Waals surface area (Å²) in [5.41, 5.74) is 0.595. The molecule has 2 aliphatic rings. The Labute approximate surface area is 189 Å². The van der Waals surface area contributed by atoms with E-state index in [1.54, 1.807) is 24.3 Å². The molecule has 1 aromatic rings. The Morgan fingerprint density at radius 2 is 1.13 bits per heavy atom. The van der Waals surface area contributed by atoms with Gasteiger partial charge in [0.05, 0.1) is 24.3 Å². The summed E-state index contributed by atoms with van der Waals surface area (Å²) >= 11 is 3.99. The molecule has 0 saturated heterocycles. The van der Waals surface area contributed by atoms with E-state index in [2.05, 4.69) is 0 Å². The number of esters is 2. The number of carbonyl (C=O) groups excluding carboxylic acids is 2. The topological polar surface area (TPSA) is 52.6 Å². The molecular weight excluding hydrogens is 416 g/mol. The van der Waals surface area contributed by atoms with Gasteiger partial charge in [-0.3, -0.25) is 0 Å². The first-order valence-corrected chi connectivity index (χ1v) is 13.5. The zero-order valence-electron chi connectivity index (χ0n) is 17.8. The Morgan fingerprint density at radius 1 is 0.733 bits per heavy atom. The van der Waals surface area contributed by atoms with E-state index < -0.39 is 11.9 Å². The molecule has 0 spiro atoms. The van der Waals surface area contributed by atoms with Crippen LogP contribution in [0, 0.1) is 0 Å². The number of hydrogen-bond donors (Lipinski definition) is 0. The number of rotatable bonds is 12. The zero-order chi connectivity index (χ0) is 21.0. The molecule has 2 aliphatic carbocycles. The van der Waals surface area contributed by atoms with E-state index in [-0.39, 0.29) is 0 Å². The van der Waals surface area contributed by atoms with Gasteiger partial charge >= 0.3 is 11.9 Å². The second-order valence-corrected chi connectivity index (χ2v) is 10.9. The first-order chi connectivity index (χ1) is 14.7. The molecule has 0 N–H and O–H groups in total. The molecule has 6 heteroatoms. The maximum Gasteiger partial charge on any atom is 0.339 e. The highest BCUT2D eigenvalue weighted by atomic mass is 32.2. The van der Waals surface area contributed by atoms with E-state index in [1.807, 2.05) is 23.5 Å². The summed E-state index contributed by atoms with van der Waals surface area (Å²) in [6.07, 6.45) is 12.3. The fraction of sp³-hybridized carbons (Fsp3) is 0.667. The van der Waals surface area contributed by atoms with Crippen molar-refractivity contribution in [3.05, 3.63) is 35.4 Å². The maximum atomic E-state index is 12.5. The lowest BCUT2D eigenvalue weighted by molar-refractivity contribution is 0.0459. The van der Waals surface area contributed by atoms with Gasteiger partial charge in [0, 0.05) is 10.5 Å². The van der Waals surface area contributed by atoms with E-state index in [0.717, 1.165) is 34.8 Å². The quantitative estimate of drug-likeness (QED) is 0.282. The smallest absolute Gasteiger partial charge is 0.339 e. The van der Waals surface area contributed by atoms with Gasteiger partial charge in [0.1, 0.15) is 0 Å². The van der Waals surface area contributed by atoms with Crippen molar-refractivity contribution >= 4 is 35.5 Å². The number of carbonyl (C=O) groups is 2. The molecule has 4 nitrogen and oxygen atoms in total. The molecule has 30 heavy (non-hydrogen) atoms. The monoisotopic (exact) mass is 450 g/mol. The summed E-state index contributed by atoms with van der Waals surface area (Å²) in [4.78, 5) is 24.9. The fourth-order valence-electron chi connectivity index (χ4n) is 4.05. The standard InChI is InChI=1S/C24H34O4S2/c25-23(27-15-7-17-29-19-9-1-2-10-19)21-13-5-6-14-22(21)24(26)28-16-8-18-30-20-11-3-4-12-20/h5-6,13-14,19-20H,1-4,7-12,15-18H2. The van der Waals surface area contributed by atoms with Crippen molar-refractivity contribution < 1.29 is 19.1 Å². The second-order valence-electron chi connectivity index (χ2n) is 8.08. The van der Waals surface area contributed by atoms with Crippen LogP contribution in [0.3, 0.4) is 0 Å². The minimum atomic E-state index is -0.440. The van der Waals surface area contributed by atoms with Gasteiger partial charge in [-0.15, -0.1) is 0 Å². The summed E-state index contributed by atoms with van der Waals surface area (Å²) in [7, 11) is 0. The van der Waals surface area contributed by atoms with Gasteiger partial charge in [-0.05, 0) is 62.2 Å². The van der Waals surface area contributed by atoms with Crippen LogP contribution in [0.2, 0.25) is 0 Å². The van der Waals surface area contributed by atoms with Crippen LogP contribution in [-0.4, -0.2) is 47.2 Å². The van der Waals surface area contributed by atoms with E-state index >= 15 is 0 Å². The fourth-order valence-corrected chi connectivity index (χ4v) is 6.62. The highest BCUT2D eigenvalue weighted by Gasteiger charge is 2.20. The summed E-state index contributed by atoms with van der Waals surface area (Å²) in [6, 6.07) is 6.79. The Hall–Kier alpha value is -1.14. The van der Waals surface area contributed by atoms with E-state index in [1.165, 1.54) is 51.4 Å². The first-order valence-electron chi connectivity index (χ1n) is 11.4. The SMILES string of the molecule is O=C(OCCCSC1CCCC1)c1ccccc1C(=O)OCCCSC1CCCC1. The zero-order valence-corrected chi connectivity index (χ0v) is 19.4. The molecule has 166 valence electrons. The van der Waals surface area contributed by atoms with Crippen molar-refractivity contribution in [2.45, 2.75) is 74.7 Å². The summed E-state index contributed by atoms with van der Waals surface area (Å²) < 4.78 is 10.8. The van der Waals surface area contributed by atoms with Crippen LogP contribution >= 0.6 is 23.5 Å². The second kappa shape index (κ2) is 13.3. The molecule has 2 fully saturated rings. The Bertz CT molecular complexity index is 610. The van der Waals surface area contributed by atoms with Crippen LogP contribution in [0.5, 0.6) is 0 Å². The van der Waals surface area contributed by atoms with Crippen molar-refractivity contribution in [3.63, 3.8) is 0 Å². The van der Waals surface area contributed by atoms with E-state index in [4.69, 9.17) is 9.47 Å². The van der Waals surface area contributed by atoms with Gasteiger partial charge in [-0.1, -0.05) is 37.8 Å². The van der Waals surface area contributed by atoms with Gasteiger partial charge in [0.2, 0.25) is 0 Å². The number of ether oxygens (including phenoxy) is 2. The van der Waals surface area contributed by atoms with Crippen LogP contribution < -0.4 is 0 Å². The third-order valence-electron chi connectivity index (χ3n) is 5.72. The molecule has 0 radical (unpaired) electrons. The van der Waals surface area contributed by atoms with Crippen LogP contribution in [0.15, 0.2) is 24.3 Å². The van der Waals surface area contributed by atoms with Crippen molar-refractivity contribution in [1.82, 2.24) is 0 Å². The van der Waals surface area contributed by atoms with Crippen molar-refractivity contribution in [2.75, 3.05) is 24.7 Å². The summed E-state index contributed by atoms with van der Waals surface area (Å²) in [6.45, 7) is 0.778. The Kier molecular flexibility index (Phi) is 10.4. The lowest BCUT2D eigenvalue weighted by Gasteiger charge is -2.11. The molecule has 0 unspecified atom stereocenters. The Balaban J connectivity index is 1.35. The molecule has 3 rings (SSSR count). The van der Waals surface area contributed by atoms with Crippen LogP contribution in [0.4, 0.5) is 0 Å². The van der Waals surface area contributed by atoms with Crippen LogP contribution in [0.25, 0.3) is 0 Å². The number of hydrogen-bond acceptors (Lipinski definition) is 6. The maximum absolute atomic E-state index is 12.5. The predicted molar refractivity (Wildman–Crippen MR) is 126 cm³/mol. The average Bonchev–Trinajstić information content (AvgIpc) is 3.47. The molecule has 1 aromatic carbocycles. The molecule has 0 atom stereocenters. The molecule has 0 heterocycles.